The Morgan fingerprint density at radius 2 is 2.24 bits per heavy atom. The van der Waals surface area contributed by atoms with E-state index in [1.54, 1.807) is 18.2 Å². The molecule has 21 heavy (non-hydrogen) atoms. The minimum atomic E-state index is -0.439. The Hall–Kier alpha value is -2.21. The highest BCUT2D eigenvalue weighted by Gasteiger charge is 2.16. The van der Waals surface area contributed by atoms with Crippen LogP contribution in [0.1, 0.15) is 29.3 Å². The van der Waals surface area contributed by atoms with Crippen molar-refractivity contribution in [1.82, 2.24) is 9.94 Å². The van der Waals surface area contributed by atoms with E-state index in [-0.39, 0.29) is 12.5 Å². The van der Waals surface area contributed by atoms with Crippen LogP contribution >= 0.6 is 11.6 Å². The lowest BCUT2D eigenvalue weighted by atomic mass is 10.1. The first-order valence-electron chi connectivity index (χ1n) is 6.44. The molecular formula is C14H15ClN2O4. The first-order valence-corrected chi connectivity index (χ1v) is 6.82. The number of esters is 1. The van der Waals surface area contributed by atoms with Gasteiger partial charge in [0.2, 0.25) is 5.88 Å². The first kappa shape index (κ1) is 15.2. The summed E-state index contributed by atoms with van der Waals surface area (Å²) in [7, 11) is 0. The van der Waals surface area contributed by atoms with E-state index in [4.69, 9.17) is 26.3 Å². The molecule has 0 amide bonds. The summed E-state index contributed by atoms with van der Waals surface area (Å²) in [6.45, 7) is 2.31. The molecule has 0 aliphatic heterocycles. The van der Waals surface area contributed by atoms with E-state index >= 15 is 0 Å². The fraction of sp³-hybridized carbons (Fsp3) is 0.286. The predicted molar refractivity (Wildman–Crippen MR) is 75.8 cm³/mol. The second-order valence-electron chi connectivity index (χ2n) is 4.26. The van der Waals surface area contributed by atoms with Gasteiger partial charge in [-0.2, -0.15) is 0 Å². The molecule has 0 aliphatic carbocycles. The first-order chi connectivity index (χ1) is 10.1. The number of hydrogen-bond donors (Lipinski definition) is 1. The molecule has 1 aromatic heterocycles. The number of hydrogen-bond acceptors (Lipinski definition) is 5. The lowest BCUT2D eigenvalue weighted by molar-refractivity contribution is 0.0502. The summed E-state index contributed by atoms with van der Waals surface area (Å²) >= 11 is 6.12. The van der Waals surface area contributed by atoms with Gasteiger partial charge in [0.1, 0.15) is 6.61 Å². The third-order valence-electron chi connectivity index (χ3n) is 2.69. The quantitative estimate of drug-likeness (QED) is 0.656. The normalized spacial score (nSPS) is 10.4. The van der Waals surface area contributed by atoms with Gasteiger partial charge in [-0.25, -0.2) is 4.79 Å². The van der Waals surface area contributed by atoms with Crippen LogP contribution in [0.3, 0.4) is 0 Å². The minimum absolute atomic E-state index is 0.0489. The molecule has 0 atom stereocenters. The molecular weight excluding hydrogens is 296 g/mol. The van der Waals surface area contributed by atoms with Crippen molar-refractivity contribution in [2.45, 2.75) is 20.0 Å². The van der Waals surface area contributed by atoms with E-state index < -0.39 is 5.97 Å². The highest BCUT2D eigenvalue weighted by molar-refractivity contribution is 6.31. The lowest BCUT2D eigenvalue weighted by Crippen LogP contribution is -2.11. The molecule has 0 saturated carbocycles. The summed E-state index contributed by atoms with van der Waals surface area (Å²) in [4.78, 5) is 12.6. The number of nitrogens with zero attached hydrogens (tertiary/aromatic N) is 2. The summed E-state index contributed by atoms with van der Waals surface area (Å²) in [6, 6.07) is 6.47. The fourth-order valence-corrected chi connectivity index (χ4v) is 1.92. The Balaban J connectivity index is 2.15. The summed E-state index contributed by atoms with van der Waals surface area (Å²) in [5, 5.41) is 13.1. The Morgan fingerprint density at radius 3 is 2.90 bits per heavy atom. The van der Waals surface area contributed by atoms with Crippen molar-refractivity contribution in [2.75, 3.05) is 6.61 Å². The number of aromatic nitrogens is 2. The highest BCUT2D eigenvalue weighted by Crippen LogP contribution is 2.22. The third-order valence-corrected chi connectivity index (χ3v) is 3.05. The minimum Gasteiger partial charge on any atom is -0.472 e. The second kappa shape index (κ2) is 6.99. The van der Waals surface area contributed by atoms with Crippen LogP contribution in [-0.4, -0.2) is 27.7 Å². The number of halogens is 1. The summed E-state index contributed by atoms with van der Waals surface area (Å²) < 4.78 is 10.5. The summed E-state index contributed by atoms with van der Waals surface area (Å²) in [6.07, 6.45) is 2.07. The maximum absolute atomic E-state index is 12.0. The molecule has 0 radical (unpaired) electrons. The summed E-state index contributed by atoms with van der Waals surface area (Å²) in [5.74, 6) is -0.212. The lowest BCUT2D eigenvalue weighted by Gasteiger charge is -2.11. The van der Waals surface area contributed by atoms with Crippen LogP contribution in [0.25, 0.3) is 0 Å². The molecule has 7 heteroatoms. The van der Waals surface area contributed by atoms with Gasteiger partial charge in [-0.15, -0.1) is 4.85 Å². The molecule has 112 valence electrons. The Bertz CT molecular complexity index is 627. The SMILES string of the molecule is CCCOC(=O)c1cccc(Cl)c1COc1ccn(O)n1. The van der Waals surface area contributed by atoms with E-state index in [1.165, 1.54) is 12.3 Å². The monoisotopic (exact) mass is 310 g/mol. The standard InChI is InChI=1S/C14H15ClN2O4/c1-2-8-20-14(18)10-4-3-5-12(15)11(10)9-21-13-6-7-17(19)16-13/h3-7,19H,2,8-9H2,1H3. The molecule has 0 saturated heterocycles. The van der Waals surface area contributed by atoms with Crippen molar-refractivity contribution >= 4 is 17.6 Å². The van der Waals surface area contributed by atoms with Gasteiger partial charge in [-0.05, 0) is 18.6 Å². The second-order valence-corrected chi connectivity index (χ2v) is 4.67. The van der Waals surface area contributed by atoms with Crippen LogP contribution in [0, 0.1) is 0 Å². The van der Waals surface area contributed by atoms with Crippen LogP contribution in [0.2, 0.25) is 5.02 Å². The van der Waals surface area contributed by atoms with Crippen molar-refractivity contribution < 1.29 is 19.5 Å². The Kier molecular flexibility index (Phi) is 5.05. The molecule has 1 N–H and O–H groups in total. The zero-order valence-electron chi connectivity index (χ0n) is 11.5. The largest absolute Gasteiger partial charge is 0.472 e. The van der Waals surface area contributed by atoms with Crippen LogP contribution in [0.15, 0.2) is 30.5 Å². The third kappa shape index (κ3) is 3.88. The van der Waals surface area contributed by atoms with Crippen LogP contribution < -0.4 is 4.74 Å². The molecule has 0 aliphatic rings. The van der Waals surface area contributed by atoms with Gasteiger partial charge in [0.25, 0.3) is 0 Å². The van der Waals surface area contributed by atoms with Gasteiger partial charge in [-0.1, -0.05) is 29.7 Å². The maximum atomic E-state index is 12.0. The van der Waals surface area contributed by atoms with Crippen molar-refractivity contribution in [1.29, 1.82) is 0 Å². The van der Waals surface area contributed by atoms with Crippen molar-refractivity contribution in [3.05, 3.63) is 46.6 Å². The van der Waals surface area contributed by atoms with Gasteiger partial charge < -0.3 is 14.7 Å². The van der Waals surface area contributed by atoms with E-state index in [2.05, 4.69) is 5.10 Å². The molecule has 0 bridgehead atoms. The van der Waals surface area contributed by atoms with Crippen molar-refractivity contribution in [3.63, 3.8) is 0 Å². The van der Waals surface area contributed by atoms with E-state index in [0.717, 1.165) is 6.42 Å². The molecule has 0 unspecified atom stereocenters. The smallest absolute Gasteiger partial charge is 0.338 e. The topological polar surface area (TPSA) is 73.6 Å². The molecule has 2 aromatic rings. The van der Waals surface area contributed by atoms with Gasteiger partial charge in [0.15, 0.2) is 0 Å². The fourth-order valence-electron chi connectivity index (χ4n) is 1.69. The zero-order valence-corrected chi connectivity index (χ0v) is 12.2. The van der Waals surface area contributed by atoms with Gasteiger partial charge in [0, 0.05) is 16.7 Å². The molecule has 6 nitrogen and oxygen atoms in total. The zero-order chi connectivity index (χ0) is 15.2. The van der Waals surface area contributed by atoms with Gasteiger partial charge >= 0.3 is 5.97 Å². The number of carbonyl (C=O) groups is 1. The van der Waals surface area contributed by atoms with Crippen LogP contribution in [-0.2, 0) is 11.3 Å². The number of ether oxygens (including phenoxy) is 2. The van der Waals surface area contributed by atoms with E-state index in [9.17, 15) is 4.79 Å². The van der Waals surface area contributed by atoms with E-state index in [1.807, 2.05) is 6.92 Å². The average molecular weight is 311 g/mol. The average Bonchev–Trinajstić information content (AvgIpc) is 2.89. The van der Waals surface area contributed by atoms with Crippen molar-refractivity contribution in [2.24, 2.45) is 0 Å². The predicted octanol–water partition coefficient (Wildman–Crippen LogP) is 2.92. The molecule has 0 fully saturated rings. The number of rotatable bonds is 6. The molecule has 1 heterocycles. The number of benzene rings is 1. The number of carbonyl (C=O) groups excluding carboxylic acids is 1. The van der Waals surface area contributed by atoms with E-state index in [0.29, 0.717) is 27.6 Å². The summed E-state index contributed by atoms with van der Waals surface area (Å²) in [5.41, 5.74) is 0.882. The highest BCUT2D eigenvalue weighted by atomic mass is 35.5. The molecule has 1 aromatic carbocycles. The van der Waals surface area contributed by atoms with Gasteiger partial charge in [0.05, 0.1) is 18.4 Å². The van der Waals surface area contributed by atoms with Gasteiger partial charge in [-0.3, -0.25) is 0 Å². The van der Waals surface area contributed by atoms with Crippen LogP contribution in [0.4, 0.5) is 0 Å². The molecule has 2 rings (SSSR count). The van der Waals surface area contributed by atoms with Crippen molar-refractivity contribution in [3.8, 4) is 5.88 Å². The van der Waals surface area contributed by atoms with Crippen LogP contribution in [0.5, 0.6) is 5.88 Å². The molecule has 0 spiro atoms. The maximum Gasteiger partial charge on any atom is 0.338 e. The Labute approximate surface area is 126 Å². The Morgan fingerprint density at radius 1 is 1.43 bits per heavy atom.